The largest absolute Gasteiger partial charge is 1.00 e. The van der Waals surface area contributed by atoms with Crippen molar-refractivity contribution in [1.82, 2.24) is 5.32 Å². The second-order valence-corrected chi connectivity index (χ2v) is 6.01. The highest BCUT2D eigenvalue weighted by Gasteiger charge is 1.96. The first-order valence-corrected chi connectivity index (χ1v) is 9.16. The molecule has 0 unspecified atom stereocenters. The third kappa shape index (κ3) is 19.5. The smallest absolute Gasteiger partial charge is 0.359 e. The number of allylic oxidation sites excluding steroid dienone is 2. The topological polar surface area (TPSA) is 29.1 Å². The van der Waals surface area contributed by atoms with Crippen LogP contribution in [-0.4, -0.2) is 13.0 Å². The van der Waals surface area contributed by atoms with Gasteiger partial charge in [0.1, 0.15) is 0 Å². The Morgan fingerprint density at radius 3 is 1.77 bits per heavy atom. The molecule has 22 heavy (non-hydrogen) atoms. The quantitative estimate of drug-likeness (QED) is 0.272. The highest BCUT2D eigenvalue weighted by molar-refractivity contribution is 5.85. The van der Waals surface area contributed by atoms with E-state index in [0.717, 1.165) is 6.42 Å². The fraction of sp³-hybridized carbons (Fsp3) is 0.842. The Balaban J connectivity index is -0.000000667. The van der Waals surface area contributed by atoms with E-state index in [2.05, 4.69) is 24.4 Å². The van der Waals surface area contributed by atoms with Gasteiger partial charge in [0, 0.05) is 13.5 Å². The van der Waals surface area contributed by atoms with Crippen LogP contribution in [0.3, 0.4) is 0 Å². The van der Waals surface area contributed by atoms with Crippen molar-refractivity contribution in [3.63, 3.8) is 0 Å². The van der Waals surface area contributed by atoms with Gasteiger partial charge < -0.3 is 5.32 Å². The second-order valence-electron chi connectivity index (χ2n) is 6.01. The highest BCUT2D eigenvalue weighted by atomic mass is 35.5. The number of halogens is 1. The zero-order valence-corrected chi connectivity index (χ0v) is 15.7. The van der Waals surface area contributed by atoms with Crippen molar-refractivity contribution < 1.29 is 7.65 Å². The summed E-state index contributed by atoms with van der Waals surface area (Å²) in [4.78, 5) is 11.0. The minimum atomic E-state index is 0. The summed E-state index contributed by atoms with van der Waals surface area (Å²) in [6.45, 7) is 2.27. The standard InChI is InChI=1S/C19H37NO.ClH/c1-3-4-5-6-7-8-9-10-11-12-13-14-15-16-17-18-19(21)20-2;/h10-11H,3-9,12-18H2,1-2H3,(H,20,21);1H/p+2/b11-10-;. The van der Waals surface area contributed by atoms with Gasteiger partial charge in [-0.25, -0.2) is 0 Å². The molecule has 0 saturated carbocycles. The maximum atomic E-state index is 11.0. The van der Waals surface area contributed by atoms with E-state index in [9.17, 15) is 4.79 Å². The lowest BCUT2D eigenvalue weighted by molar-refractivity contribution is -0.120. The molecule has 132 valence electrons. The van der Waals surface area contributed by atoms with Crippen molar-refractivity contribution in [3.05, 3.63) is 12.2 Å². The molecular formula is C19H40ClNO+2. The van der Waals surface area contributed by atoms with E-state index < -0.39 is 0 Å². The minimum absolute atomic E-state index is 0. The normalized spacial score (nSPS) is 10.6. The lowest BCUT2D eigenvalue weighted by Crippen LogP contribution is -2.16. The van der Waals surface area contributed by atoms with Gasteiger partial charge in [-0.1, -0.05) is 70.4 Å². The molecule has 0 fully saturated rings. The molecule has 0 aliphatic heterocycles. The lowest BCUT2D eigenvalue weighted by atomic mass is 10.1. The summed E-state index contributed by atoms with van der Waals surface area (Å²) < 4.78 is 0. The summed E-state index contributed by atoms with van der Waals surface area (Å²) in [6, 6.07) is 0. The third-order valence-corrected chi connectivity index (χ3v) is 3.94. The molecule has 0 spiro atoms. The molecular weight excluding hydrogens is 294 g/mol. The summed E-state index contributed by atoms with van der Waals surface area (Å²) in [7, 11) is 1.71. The van der Waals surface area contributed by atoms with Crippen LogP contribution in [0.4, 0.5) is 0 Å². The van der Waals surface area contributed by atoms with Gasteiger partial charge in [0.2, 0.25) is 5.91 Å². The highest BCUT2D eigenvalue weighted by Crippen LogP contribution is 2.09. The SMILES string of the molecule is CCCCCCCC/C=C\CCCCCCCC(=O)NC.Cl.[H+].[H+]. The number of unbranched alkanes of at least 4 members (excludes halogenated alkanes) is 11. The van der Waals surface area contributed by atoms with E-state index in [0.29, 0.717) is 6.42 Å². The maximum absolute atomic E-state index is 11.0. The molecule has 2 nitrogen and oxygen atoms in total. The number of rotatable bonds is 15. The molecule has 0 radical (unpaired) electrons. The monoisotopic (exact) mass is 333 g/mol. The average molecular weight is 334 g/mol. The van der Waals surface area contributed by atoms with Crippen molar-refractivity contribution in [2.45, 2.75) is 96.8 Å². The first-order valence-electron chi connectivity index (χ1n) is 9.16. The molecule has 0 aliphatic rings. The average Bonchev–Trinajstić information content (AvgIpc) is 2.50. The van der Waals surface area contributed by atoms with Crippen LogP contribution in [0.25, 0.3) is 0 Å². The summed E-state index contributed by atoms with van der Waals surface area (Å²) in [6.07, 6.45) is 22.3. The van der Waals surface area contributed by atoms with Crippen molar-refractivity contribution >= 4 is 18.3 Å². The van der Waals surface area contributed by atoms with E-state index in [1.807, 2.05) is 0 Å². The van der Waals surface area contributed by atoms with Crippen molar-refractivity contribution in [2.75, 3.05) is 7.05 Å². The van der Waals surface area contributed by atoms with Crippen LogP contribution in [0.2, 0.25) is 0 Å². The molecule has 0 saturated heterocycles. The number of nitrogens with one attached hydrogen (secondary N) is 1. The summed E-state index contributed by atoms with van der Waals surface area (Å²) in [5, 5.41) is 2.67. The summed E-state index contributed by atoms with van der Waals surface area (Å²) >= 11 is 0. The zero-order valence-electron chi connectivity index (χ0n) is 16.9. The van der Waals surface area contributed by atoms with E-state index in [1.165, 1.54) is 77.0 Å². The fourth-order valence-corrected chi connectivity index (χ4v) is 2.48. The molecule has 0 aromatic heterocycles. The first kappa shape index (κ1) is 23.8. The summed E-state index contributed by atoms with van der Waals surface area (Å²) in [5.74, 6) is 0.174. The van der Waals surface area contributed by atoms with E-state index in [4.69, 9.17) is 0 Å². The van der Waals surface area contributed by atoms with Crippen molar-refractivity contribution in [3.8, 4) is 0 Å². The van der Waals surface area contributed by atoms with Gasteiger partial charge in [0.15, 0.2) is 0 Å². The van der Waals surface area contributed by atoms with Gasteiger partial charge in [0.05, 0.1) is 0 Å². The molecule has 0 bridgehead atoms. The van der Waals surface area contributed by atoms with Gasteiger partial charge in [-0.2, -0.15) is 0 Å². The van der Waals surface area contributed by atoms with Crippen LogP contribution >= 0.6 is 12.4 Å². The van der Waals surface area contributed by atoms with Gasteiger partial charge in [-0.05, 0) is 32.1 Å². The lowest BCUT2D eigenvalue weighted by Gasteiger charge is -2.00. The molecule has 0 rings (SSSR count). The number of hydrogen-bond donors (Lipinski definition) is 1. The molecule has 0 aromatic carbocycles. The van der Waals surface area contributed by atoms with Crippen LogP contribution in [0.5, 0.6) is 0 Å². The van der Waals surface area contributed by atoms with Crippen LogP contribution in [0.1, 0.15) is 99.7 Å². The number of hydrogen-bond acceptors (Lipinski definition) is 1. The summed E-state index contributed by atoms with van der Waals surface area (Å²) in [5.41, 5.74) is 0. The van der Waals surface area contributed by atoms with Crippen molar-refractivity contribution in [2.24, 2.45) is 0 Å². The Morgan fingerprint density at radius 2 is 1.27 bits per heavy atom. The number of carbonyl (C=O) groups excluding carboxylic acids is 1. The Kier molecular flexibility index (Phi) is 22.1. The second kappa shape index (κ2) is 20.5. The van der Waals surface area contributed by atoms with E-state index in [1.54, 1.807) is 7.05 Å². The first-order chi connectivity index (χ1) is 10.3. The predicted octanol–water partition coefficient (Wildman–Crippen LogP) is 6.42. The van der Waals surface area contributed by atoms with Crippen molar-refractivity contribution in [1.29, 1.82) is 0 Å². The Hall–Kier alpha value is -0.500. The molecule has 0 heterocycles. The molecule has 0 aliphatic carbocycles. The Bertz CT molecular complexity index is 264. The van der Waals surface area contributed by atoms with Crippen LogP contribution in [-0.2, 0) is 4.79 Å². The third-order valence-electron chi connectivity index (χ3n) is 3.94. The van der Waals surface area contributed by atoms with Gasteiger partial charge in [-0.3, -0.25) is 4.79 Å². The predicted molar refractivity (Wildman–Crippen MR) is 103 cm³/mol. The zero-order chi connectivity index (χ0) is 15.6. The van der Waals surface area contributed by atoms with Gasteiger partial charge >= 0.3 is 2.85 Å². The molecule has 3 heteroatoms. The van der Waals surface area contributed by atoms with Crippen LogP contribution in [0, 0.1) is 0 Å². The Labute approximate surface area is 147 Å². The minimum Gasteiger partial charge on any atom is -0.359 e. The molecule has 1 amide bonds. The van der Waals surface area contributed by atoms with Crippen LogP contribution in [0.15, 0.2) is 12.2 Å². The van der Waals surface area contributed by atoms with E-state index >= 15 is 0 Å². The Morgan fingerprint density at radius 1 is 0.818 bits per heavy atom. The molecule has 1 N–H and O–H groups in total. The molecule has 0 aromatic rings. The number of carbonyl (C=O) groups is 1. The maximum Gasteiger partial charge on any atom is 1.00 e. The van der Waals surface area contributed by atoms with Crippen LogP contribution < -0.4 is 5.32 Å². The van der Waals surface area contributed by atoms with Gasteiger partial charge in [0.25, 0.3) is 0 Å². The molecule has 0 atom stereocenters. The van der Waals surface area contributed by atoms with E-state index in [-0.39, 0.29) is 21.2 Å². The fourth-order valence-electron chi connectivity index (χ4n) is 2.48. The van der Waals surface area contributed by atoms with Gasteiger partial charge in [-0.15, -0.1) is 12.4 Å². The number of amides is 1.